The van der Waals surface area contributed by atoms with Gasteiger partial charge in [-0.15, -0.1) is 0 Å². The Morgan fingerprint density at radius 1 is 1.16 bits per heavy atom. The van der Waals surface area contributed by atoms with Crippen molar-refractivity contribution in [2.24, 2.45) is 5.73 Å². The molecule has 2 aromatic carbocycles. The molecule has 0 fully saturated rings. The van der Waals surface area contributed by atoms with E-state index in [-0.39, 0.29) is 18.0 Å². The summed E-state index contributed by atoms with van der Waals surface area (Å²) in [5.74, 6) is 0.150. The van der Waals surface area contributed by atoms with Crippen LogP contribution < -0.4 is 10.5 Å². The van der Waals surface area contributed by atoms with Crippen LogP contribution in [0.3, 0.4) is 0 Å². The van der Waals surface area contributed by atoms with E-state index in [1.807, 2.05) is 31.2 Å². The number of nitrogens with two attached hydrogens (primary N) is 1. The van der Waals surface area contributed by atoms with Gasteiger partial charge in [0.2, 0.25) is 0 Å². The van der Waals surface area contributed by atoms with Crippen LogP contribution in [0.5, 0.6) is 5.75 Å². The van der Waals surface area contributed by atoms with Crippen molar-refractivity contribution in [2.45, 2.75) is 19.1 Å². The monoisotopic (exact) mass is 323 g/mol. The lowest BCUT2D eigenvalue weighted by molar-refractivity contribution is 0.179. The average Bonchev–Trinajstić information content (AvgIpc) is 2.35. The molecule has 2 nitrogen and oxygen atoms in total. The van der Waals surface area contributed by atoms with E-state index < -0.39 is 0 Å². The van der Waals surface area contributed by atoms with E-state index in [4.69, 9.17) is 10.5 Å². The fraction of sp³-hybridized carbons (Fsp3) is 0.200. The third-order valence-electron chi connectivity index (χ3n) is 2.71. The fourth-order valence-electron chi connectivity index (χ4n) is 1.85. The zero-order valence-corrected chi connectivity index (χ0v) is 12.1. The topological polar surface area (TPSA) is 35.2 Å². The van der Waals surface area contributed by atoms with Gasteiger partial charge in [0.05, 0.1) is 0 Å². The maximum atomic E-state index is 13.2. The van der Waals surface area contributed by atoms with Crippen molar-refractivity contribution in [3.05, 3.63) is 64.4 Å². The Morgan fingerprint density at radius 2 is 1.89 bits per heavy atom. The van der Waals surface area contributed by atoms with E-state index in [9.17, 15) is 4.39 Å². The van der Waals surface area contributed by atoms with E-state index in [1.165, 1.54) is 12.1 Å². The minimum atomic E-state index is -0.324. The van der Waals surface area contributed by atoms with Crippen LogP contribution in [0.1, 0.15) is 18.6 Å². The smallest absolute Gasteiger partial charge is 0.138 e. The first-order valence-electron chi connectivity index (χ1n) is 5.99. The predicted octanol–water partition coefficient (Wildman–Crippen LogP) is 4.06. The Bertz CT molecular complexity index is 559. The van der Waals surface area contributed by atoms with Crippen LogP contribution >= 0.6 is 15.9 Å². The second-order valence-corrected chi connectivity index (χ2v) is 5.33. The molecule has 0 saturated heterocycles. The highest BCUT2D eigenvalue weighted by atomic mass is 79.9. The van der Waals surface area contributed by atoms with Gasteiger partial charge >= 0.3 is 0 Å². The summed E-state index contributed by atoms with van der Waals surface area (Å²) in [6, 6.07) is 13.6. The molecule has 0 saturated carbocycles. The van der Waals surface area contributed by atoms with Crippen molar-refractivity contribution in [1.82, 2.24) is 0 Å². The molecule has 0 radical (unpaired) electrons. The van der Waals surface area contributed by atoms with Crippen molar-refractivity contribution < 1.29 is 9.13 Å². The Kier molecular flexibility index (Phi) is 4.56. The highest BCUT2D eigenvalue weighted by molar-refractivity contribution is 9.10. The largest absolute Gasteiger partial charge is 0.484 e. The summed E-state index contributed by atoms with van der Waals surface area (Å²) in [6.07, 6.45) is -0.320. The molecule has 100 valence electrons. The maximum Gasteiger partial charge on any atom is 0.138 e. The lowest BCUT2D eigenvalue weighted by Gasteiger charge is -2.23. The van der Waals surface area contributed by atoms with Gasteiger partial charge in [-0.1, -0.05) is 34.1 Å². The summed E-state index contributed by atoms with van der Waals surface area (Å²) in [5.41, 5.74) is 6.92. The molecule has 19 heavy (non-hydrogen) atoms. The molecule has 0 amide bonds. The van der Waals surface area contributed by atoms with E-state index in [0.717, 1.165) is 10.0 Å². The third-order valence-corrected chi connectivity index (χ3v) is 3.21. The lowest BCUT2D eigenvalue weighted by atomic mass is 10.0. The van der Waals surface area contributed by atoms with Gasteiger partial charge in [-0.3, -0.25) is 0 Å². The number of hydrogen-bond donors (Lipinski definition) is 1. The molecular formula is C15H15BrFNO. The number of hydrogen-bond acceptors (Lipinski definition) is 2. The molecular weight excluding hydrogens is 309 g/mol. The highest BCUT2D eigenvalue weighted by Gasteiger charge is 2.18. The Morgan fingerprint density at radius 3 is 2.53 bits per heavy atom. The van der Waals surface area contributed by atoms with Crippen LogP contribution in [0.25, 0.3) is 0 Å². The third kappa shape index (κ3) is 3.78. The van der Waals surface area contributed by atoms with Gasteiger partial charge in [0, 0.05) is 16.6 Å². The molecule has 2 N–H and O–H groups in total. The van der Waals surface area contributed by atoms with Crippen LogP contribution in [-0.2, 0) is 0 Å². The van der Waals surface area contributed by atoms with Crippen molar-refractivity contribution in [1.29, 1.82) is 0 Å². The first-order chi connectivity index (χ1) is 9.06. The normalized spacial score (nSPS) is 13.9. The van der Waals surface area contributed by atoms with Gasteiger partial charge in [-0.05, 0) is 36.8 Å². The minimum Gasteiger partial charge on any atom is -0.484 e. The summed E-state index contributed by atoms with van der Waals surface area (Å²) >= 11 is 3.42. The molecule has 2 aromatic rings. The van der Waals surface area contributed by atoms with Crippen LogP contribution in [0.15, 0.2) is 53.0 Å². The van der Waals surface area contributed by atoms with Crippen LogP contribution in [0.2, 0.25) is 0 Å². The Labute approximate surface area is 120 Å². The standard InChI is InChI=1S/C15H15BrFNO/c1-10(18)15(11-4-2-5-12(16)8-11)19-14-7-3-6-13(17)9-14/h2-10,15H,18H2,1H3. The minimum absolute atomic E-state index is 0.211. The average molecular weight is 324 g/mol. The van der Waals surface area contributed by atoms with E-state index in [0.29, 0.717) is 5.75 Å². The number of halogens is 2. The molecule has 0 heterocycles. The van der Waals surface area contributed by atoms with Gasteiger partial charge in [-0.25, -0.2) is 4.39 Å². The zero-order valence-electron chi connectivity index (χ0n) is 10.5. The quantitative estimate of drug-likeness (QED) is 0.921. The van der Waals surface area contributed by atoms with E-state index in [2.05, 4.69) is 15.9 Å². The van der Waals surface area contributed by atoms with Crippen LogP contribution in [0, 0.1) is 5.82 Å². The summed E-state index contributed by atoms with van der Waals surface area (Å²) in [5, 5.41) is 0. The maximum absolute atomic E-state index is 13.2. The second kappa shape index (κ2) is 6.17. The molecule has 0 aliphatic carbocycles. The summed E-state index contributed by atoms with van der Waals surface area (Å²) in [7, 11) is 0. The SMILES string of the molecule is CC(N)C(Oc1cccc(F)c1)c1cccc(Br)c1. The summed E-state index contributed by atoms with van der Waals surface area (Å²) in [6.45, 7) is 1.87. The number of ether oxygens (including phenoxy) is 1. The summed E-state index contributed by atoms with van der Waals surface area (Å²) < 4.78 is 19.9. The lowest BCUT2D eigenvalue weighted by Crippen LogP contribution is -2.29. The van der Waals surface area contributed by atoms with Gasteiger partial charge in [0.25, 0.3) is 0 Å². The molecule has 0 aromatic heterocycles. The van der Waals surface area contributed by atoms with Gasteiger partial charge in [0.15, 0.2) is 0 Å². The predicted molar refractivity (Wildman–Crippen MR) is 77.6 cm³/mol. The molecule has 4 heteroatoms. The van der Waals surface area contributed by atoms with E-state index in [1.54, 1.807) is 12.1 Å². The highest BCUT2D eigenvalue weighted by Crippen LogP contribution is 2.26. The number of benzene rings is 2. The van der Waals surface area contributed by atoms with Gasteiger partial charge < -0.3 is 10.5 Å². The van der Waals surface area contributed by atoms with Crippen molar-refractivity contribution in [3.8, 4) is 5.75 Å². The molecule has 2 atom stereocenters. The molecule has 0 aliphatic rings. The molecule has 0 spiro atoms. The van der Waals surface area contributed by atoms with Gasteiger partial charge in [0.1, 0.15) is 17.7 Å². The first-order valence-corrected chi connectivity index (χ1v) is 6.79. The fourth-order valence-corrected chi connectivity index (χ4v) is 2.27. The van der Waals surface area contributed by atoms with Crippen LogP contribution in [-0.4, -0.2) is 6.04 Å². The summed E-state index contributed by atoms with van der Waals surface area (Å²) in [4.78, 5) is 0. The molecule has 2 rings (SSSR count). The van der Waals surface area contributed by atoms with Crippen molar-refractivity contribution in [2.75, 3.05) is 0 Å². The Balaban J connectivity index is 2.26. The molecule has 0 bridgehead atoms. The zero-order chi connectivity index (χ0) is 13.8. The van der Waals surface area contributed by atoms with Crippen molar-refractivity contribution in [3.63, 3.8) is 0 Å². The van der Waals surface area contributed by atoms with Gasteiger partial charge in [-0.2, -0.15) is 0 Å². The number of rotatable bonds is 4. The van der Waals surface area contributed by atoms with Crippen LogP contribution in [0.4, 0.5) is 4.39 Å². The van der Waals surface area contributed by atoms with Crippen molar-refractivity contribution >= 4 is 15.9 Å². The van der Waals surface area contributed by atoms with E-state index >= 15 is 0 Å². The molecule has 0 aliphatic heterocycles. The molecule has 2 unspecified atom stereocenters. The first kappa shape index (κ1) is 14.0. The Hall–Kier alpha value is -1.39. The second-order valence-electron chi connectivity index (χ2n) is 4.41.